The zero-order valence-corrected chi connectivity index (χ0v) is 15.8. The number of aromatic amines is 1. The van der Waals surface area contributed by atoms with E-state index in [0.29, 0.717) is 28.2 Å². The molecule has 1 aromatic carbocycles. The van der Waals surface area contributed by atoms with Crippen LogP contribution in [0.3, 0.4) is 0 Å². The molecule has 0 spiro atoms. The molecule has 0 fully saturated rings. The number of carbonyl (C=O) groups excluding carboxylic acids is 2. The van der Waals surface area contributed by atoms with Crippen molar-refractivity contribution >= 4 is 40.1 Å². The van der Waals surface area contributed by atoms with Crippen LogP contribution in [0.5, 0.6) is 0 Å². The number of hydrogen-bond donors (Lipinski definition) is 2. The molecule has 0 aliphatic heterocycles. The van der Waals surface area contributed by atoms with E-state index < -0.39 is 12.3 Å². The Morgan fingerprint density at radius 1 is 1.27 bits per heavy atom. The van der Waals surface area contributed by atoms with Crippen LogP contribution >= 0.6 is 11.6 Å². The maximum atomic E-state index is 12.4. The van der Waals surface area contributed by atoms with Crippen molar-refractivity contribution in [1.82, 2.24) is 9.88 Å². The van der Waals surface area contributed by atoms with Gasteiger partial charge in [-0.15, -0.1) is 0 Å². The third kappa shape index (κ3) is 4.73. The number of anilines is 1. The molecule has 0 saturated heterocycles. The molecule has 0 atom stereocenters. The van der Waals surface area contributed by atoms with Gasteiger partial charge in [-0.25, -0.2) is 4.79 Å². The summed E-state index contributed by atoms with van der Waals surface area (Å²) in [5.74, 6) is -0.885. The Hall–Kier alpha value is -2.13. The summed E-state index contributed by atoms with van der Waals surface area (Å²) in [4.78, 5) is 29.2. The van der Waals surface area contributed by atoms with Gasteiger partial charge in [0.2, 0.25) is 5.91 Å². The Labute approximate surface area is 156 Å². The normalized spacial score (nSPS) is 11.3. The quantitative estimate of drug-likeness (QED) is 0.535. The summed E-state index contributed by atoms with van der Waals surface area (Å²) < 4.78 is 15.0. The molecule has 0 saturated carbocycles. The Morgan fingerprint density at radius 3 is 2.58 bits per heavy atom. The SMILES string of the molecule is COC(=O)c1[nH]c2ccc(Cl)cc2c1NC(=O)CN(C)CC(OC)OC. The number of likely N-dealkylation sites (N-methyl/N-ethyl adjacent to an activating group) is 1. The van der Waals surface area contributed by atoms with E-state index in [9.17, 15) is 9.59 Å². The number of nitrogens with one attached hydrogen (secondary N) is 2. The molecule has 0 aliphatic rings. The number of H-pyrrole nitrogens is 1. The van der Waals surface area contributed by atoms with E-state index in [-0.39, 0.29) is 18.1 Å². The van der Waals surface area contributed by atoms with Gasteiger partial charge in [-0.2, -0.15) is 0 Å². The van der Waals surface area contributed by atoms with Gasteiger partial charge in [0.05, 0.1) is 19.3 Å². The lowest BCUT2D eigenvalue weighted by Gasteiger charge is -2.21. The van der Waals surface area contributed by atoms with Crippen LogP contribution in [0, 0.1) is 0 Å². The van der Waals surface area contributed by atoms with Gasteiger partial charge in [0.1, 0.15) is 5.69 Å². The molecule has 0 aliphatic carbocycles. The van der Waals surface area contributed by atoms with Gasteiger partial charge >= 0.3 is 5.97 Å². The van der Waals surface area contributed by atoms with Crippen molar-refractivity contribution < 1.29 is 23.8 Å². The van der Waals surface area contributed by atoms with Crippen molar-refractivity contribution in [2.45, 2.75) is 6.29 Å². The van der Waals surface area contributed by atoms with Gasteiger partial charge in [0.25, 0.3) is 0 Å². The van der Waals surface area contributed by atoms with Gasteiger partial charge in [0, 0.05) is 36.7 Å². The summed E-state index contributed by atoms with van der Waals surface area (Å²) in [7, 11) is 6.09. The number of methoxy groups -OCH3 is 3. The molecule has 0 radical (unpaired) electrons. The Morgan fingerprint density at radius 2 is 1.96 bits per heavy atom. The highest BCUT2D eigenvalue weighted by Gasteiger charge is 2.21. The number of esters is 1. The van der Waals surface area contributed by atoms with Crippen LogP contribution in [-0.2, 0) is 19.0 Å². The highest BCUT2D eigenvalue weighted by molar-refractivity contribution is 6.31. The first-order chi connectivity index (χ1) is 12.4. The Balaban J connectivity index is 2.21. The lowest BCUT2D eigenvalue weighted by atomic mass is 10.2. The van der Waals surface area contributed by atoms with Crippen molar-refractivity contribution in [1.29, 1.82) is 0 Å². The summed E-state index contributed by atoms with van der Waals surface area (Å²) >= 11 is 6.04. The number of rotatable bonds is 8. The maximum absolute atomic E-state index is 12.4. The average Bonchev–Trinajstić information content (AvgIpc) is 2.96. The molecule has 2 rings (SSSR count). The topological polar surface area (TPSA) is 92.9 Å². The van der Waals surface area contributed by atoms with E-state index >= 15 is 0 Å². The summed E-state index contributed by atoms with van der Waals surface area (Å²) in [6, 6.07) is 5.09. The summed E-state index contributed by atoms with van der Waals surface area (Å²) in [6.07, 6.45) is -0.440. The van der Waals surface area contributed by atoms with E-state index in [4.69, 9.17) is 25.8 Å². The zero-order valence-electron chi connectivity index (χ0n) is 15.1. The standard InChI is InChI=1S/C17H22ClN3O5/c1-21(9-14(24-2)25-3)8-13(22)20-15-11-7-10(18)5-6-12(11)19-16(15)17(23)26-4/h5-7,14,19H,8-9H2,1-4H3,(H,20,22). The lowest BCUT2D eigenvalue weighted by Crippen LogP contribution is -2.37. The van der Waals surface area contributed by atoms with E-state index in [1.54, 1.807) is 30.1 Å². The van der Waals surface area contributed by atoms with Crippen LogP contribution in [0.2, 0.25) is 5.02 Å². The van der Waals surface area contributed by atoms with E-state index in [1.165, 1.54) is 21.3 Å². The number of amides is 1. The molecule has 0 bridgehead atoms. The number of hydrogen-bond acceptors (Lipinski definition) is 6. The molecule has 9 heteroatoms. The van der Waals surface area contributed by atoms with Crippen molar-refractivity contribution in [3.05, 3.63) is 28.9 Å². The minimum atomic E-state index is -0.584. The van der Waals surface area contributed by atoms with Crippen LogP contribution in [0.15, 0.2) is 18.2 Å². The predicted octanol–water partition coefficient (Wildman–Crippen LogP) is 2.10. The van der Waals surface area contributed by atoms with E-state index in [0.717, 1.165) is 0 Å². The molecular weight excluding hydrogens is 362 g/mol. The molecular formula is C17H22ClN3O5. The fourth-order valence-corrected chi connectivity index (χ4v) is 2.71. The number of fused-ring (bicyclic) bond motifs is 1. The highest BCUT2D eigenvalue weighted by atomic mass is 35.5. The van der Waals surface area contributed by atoms with Crippen LogP contribution in [0.1, 0.15) is 10.5 Å². The number of ether oxygens (including phenoxy) is 3. The Kier molecular flexibility index (Phi) is 6.98. The summed E-state index contributed by atoms with van der Waals surface area (Å²) in [5.41, 5.74) is 1.16. The first kappa shape index (κ1) is 20.2. The minimum Gasteiger partial charge on any atom is -0.464 e. The number of carbonyl (C=O) groups is 2. The number of benzene rings is 1. The lowest BCUT2D eigenvalue weighted by molar-refractivity contribution is -0.124. The van der Waals surface area contributed by atoms with Crippen molar-refractivity contribution in [2.24, 2.45) is 0 Å². The average molecular weight is 384 g/mol. The first-order valence-corrected chi connectivity index (χ1v) is 8.20. The number of aromatic nitrogens is 1. The highest BCUT2D eigenvalue weighted by Crippen LogP contribution is 2.30. The molecule has 1 heterocycles. The smallest absolute Gasteiger partial charge is 0.356 e. The van der Waals surface area contributed by atoms with Crippen LogP contribution in [0.4, 0.5) is 5.69 Å². The maximum Gasteiger partial charge on any atom is 0.356 e. The second kappa shape index (κ2) is 9.00. The molecule has 1 aromatic heterocycles. The monoisotopic (exact) mass is 383 g/mol. The van der Waals surface area contributed by atoms with Gasteiger partial charge in [-0.3, -0.25) is 9.69 Å². The van der Waals surface area contributed by atoms with Crippen LogP contribution in [0.25, 0.3) is 10.9 Å². The second-order valence-corrected chi connectivity index (χ2v) is 6.14. The Bertz CT molecular complexity index is 788. The van der Waals surface area contributed by atoms with Gasteiger partial charge in [-0.05, 0) is 25.2 Å². The molecule has 8 nitrogen and oxygen atoms in total. The molecule has 1 amide bonds. The largest absolute Gasteiger partial charge is 0.464 e. The van der Waals surface area contributed by atoms with Gasteiger partial charge < -0.3 is 24.5 Å². The molecule has 142 valence electrons. The molecule has 0 unspecified atom stereocenters. The van der Waals surface area contributed by atoms with Gasteiger partial charge in [-0.1, -0.05) is 11.6 Å². The predicted molar refractivity (Wildman–Crippen MR) is 98.6 cm³/mol. The fourth-order valence-electron chi connectivity index (χ4n) is 2.54. The van der Waals surface area contributed by atoms with Crippen LogP contribution < -0.4 is 5.32 Å². The second-order valence-electron chi connectivity index (χ2n) is 5.70. The van der Waals surface area contributed by atoms with Gasteiger partial charge in [0.15, 0.2) is 6.29 Å². The third-order valence-electron chi connectivity index (χ3n) is 3.81. The number of halogens is 1. The minimum absolute atomic E-state index is 0.0804. The zero-order chi connectivity index (χ0) is 19.3. The summed E-state index contributed by atoms with van der Waals surface area (Å²) in [6.45, 7) is 0.487. The molecule has 2 aromatic rings. The fraction of sp³-hybridized carbons (Fsp3) is 0.412. The van der Waals surface area contributed by atoms with E-state index in [2.05, 4.69) is 10.3 Å². The first-order valence-electron chi connectivity index (χ1n) is 7.83. The number of nitrogens with zero attached hydrogens (tertiary/aromatic N) is 1. The van der Waals surface area contributed by atoms with E-state index in [1.807, 2.05) is 0 Å². The van der Waals surface area contributed by atoms with Crippen molar-refractivity contribution in [2.75, 3.05) is 46.8 Å². The van der Waals surface area contributed by atoms with Crippen molar-refractivity contribution in [3.63, 3.8) is 0 Å². The molecule has 2 N–H and O–H groups in total. The van der Waals surface area contributed by atoms with Crippen molar-refractivity contribution in [3.8, 4) is 0 Å². The van der Waals surface area contributed by atoms with Crippen LogP contribution in [-0.4, -0.2) is 69.5 Å². The third-order valence-corrected chi connectivity index (χ3v) is 4.05. The summed E-state index contributed by atoms with van der Waals surface area (Å²) in [5, 5.41) is 3.88. The molecule has 26 heavy (non-hydrogen) atoms.